The summed E-state index contributed by atoms with van der Waals surface area (Å²) < 4.78 is 53.0. The number of nitrogens with zero attached hydrogens (tertiary/aromatic N) is 1. The second-order valence-corrected chi connectivity index (χ2v) is 7.24. The van der Waals surface area contributed by atoms with E-state index in [1.54, 1.807) is 0 Å². The lowest BCUT2D eigenvalue weighted by Crippen LogP contribution is -2.49. The predicted molar refractivity (Wildman–Crippen MR) is 72.7 cm³/mol. The quantitative estimate of drug-likeness (QED) is 0.932. The van der Waals surface area contributed by atoms with Gasteiger partial charge in [0.05, 0.1) is 11.0 Å². The molecule has 0 spiro atoms. The highest BCUT2D eigenvalue weighted by Crippen LogP contribution is 2.32. The molecule has 1 aromatic carbocycles. The molecule has 1 aliphatic carbocycles. The molecule has 114 valence electrons. The van der Waals surface area contributed by atoms with Crippen LogP contribution in [0.4, 0.5) is 8.78 Å². The third-order valence-electron chi connectivity index (χ3n) is 3.87. The molecule has 0 unspecified atom stereocenters. The minimum Gasteiger partial charge on any atom is -0.207 e. The van der Waals surface area contributed by atoms with E-state index in [9.17, 15) is 22.5 Å². The van der Waals surface area contributed by atoms with E-state index in [2.05, 4.69) is 4.72 Å². The molecule has 1 aliphatic rings. The number of halogens is 2. The molecule has 1 fully saturated rings. The van der Waals surface area contributed by atoms with Gasteiger partial charge in [0, 0.05) is 0 Å². The summed E-state index contributed by atoms with van der Waals surface area (Å²) in [4.78, 5) is -0.380. The van der Waals surface area contributed by atoms with Gasteiger partial charge >= 0.3 is 0 Å². The van der Waals surface area contributed by atoms with Crippen LogP contribution in [0.2, 0.25) is 0 Å². The number of rotatable bonds is 3. The first-order chi connectivity index (χ1) is 9.78. The Morgan fingerprint density at radius 2 is 1.90 bits per heavy atom. The zero-order valence-electron chi connectivity index (χ0n) is 11.6. The summed E-state index contributed by atoms with van der Waals surface area (Å²) in [6, 6.07) is 4.39. The number of sulfonamides is 1. The molecular formula is C14H16F2N2O2S. The zero-order chi connectivity index (χ0) is 15.7. The van der Waals surface area contributed by atoms with Gasteiger partial charge in [0.1, 0.15) is 5.54 Å². The van der Waals surface area contributed by atoms with Crippen molar-refractivity contribution in [2.45, 2.75) is 43.0 Å². The molecule has 2 rings (SSSR count). The van der Waals surface area contributed by atoms with Crippen molar-refractivity contribution in [2.75, 3.05) is 0 Å². The van der Waals surface area contributed by atoms with E-state index >= 15 is 0 Å². The third kappa shape index (κ3) is 3.39. The van der Waals surface area contributed by atoms with Crippen LogP contribution < -0.4 is 4.72 Å². The smallest absolute Gasteiger partial charge is 0.207 e. The van der Waals surface area contributed by atoms with Crippen molar-refractivity contribution in [2.24, 2.45) is 5.92 Å². The molecule has 1 saturated carbocycles. The Morgan fingerprint density at radius 1 is 1.29 bits per heavy atom. The highest BCUT2D eigenvalue weighted by atomic mass is 32.2. The predicted octanol–water partition coefficient (Wildman–Crippen LogP) is 2.72. The van der Waals surface area contributed by atoms with Crippen molar-refractivity contribution in [1.82, 2.24) is 4.72 Å². The lowest BCUT2D eigenvalue weighted by Gasteiger charge is -2.33. The second-order valence-electron chi connectivity index (χ2n) is 5.56. The zero-order valence-corrected chi connectivity index (χ0v) is 12.4. The molecule has 0 bridgehead atoms. The van der Waals surface area contributed by atoms with Crippen LogP contribution in [-0.2, 0) is 10.0 Å². The van der Waals surface area contributed by atoms with Crippen LogP contribution in [0.1, 0.15) is 32.6 Å². The summed E-state index contributed by atoms with van der Waals surface area (Å²) in [5.74, 6) is -1.91. The van der Waals surface area contributed by atoms with Crippen LogP contribution in [0, 0.1) is 28.9 Å². The normalized spacial score (nSPS) is 26.3. The Bertz CT molecular complexity index is 675. The van der Waals surface area contributed by atoms with E-state index in [0.717, 1.165) is 25.0 Å². The Labute approximate surface area is 122 Å². The van der Waals surface area contributed by atoms with Gasteiger partial charge in [0.15, 0.2) is 11.6 Å². The van der Waals surface area contributed by atoms with E-state index in [1.165, 1.54) is 0 Å². The van der Waals surface area contributed by atoms with Crippen molar-refractivity contribution >= 4 is 10.0 Å². The van der Waals surface area contributed by atoms with Gasteiger partial charge in [-0.25, -0.2) is 17.2 Å². The second kappa shape index (κ2) is 5.70. The largest absolute Gasteiger partial charge is 0.242 e. The lowest BCUT2D eigenvalue weighted by atomic mass is 9.79. The van der Waals surface area contributed by atoms with E-state index in [1.807, 2.05) is 13.0 Å². The average molecular weight is 314 g/mol. The summed E-state index contributed by atoms with van der Waals surface area (Å²) in [5, 5.41) is 9.33. The number of nitrogens with one attached hydrogen (secondary N) is 1. The maximum atomic E-state index is 13.2. The fourth-order valence-electron chi connectivity index (χ4n) is 2.45. The molecular weight excluding hydrogens is 298 g/mol. The van der Waals surface area contributed by atoms with Crippen LogP contribution in [0.15, 0.2) is 23.1 Å². The van der Waals surface area contributed by atoms with Gasteiger partial charge in [-0.05, 0) is 49.8 Å². The highest BCUT2D eigenvalue weighted by Gasteiger charge is 2.38. The molecule has 0 heterocycles. The number of benzene rings is 1. The van der Waals surface area contributed by atoms with Crippen LogP contribution in [-0.4, -0.2) is 14.0 Å². The fraction of sp³-hybridized carbons (Fsp3) is 0.500. The molecule has 0 amide bonds. The van der Waals surface area contributed by atoms with Crippen LogP contribution in [0.25, 0.3) is 0 Å². The number of hydrogen-bond donors (Lipinski definition) is 1. The van der Waals surface area contributed by atoms with Gasteiger partial charge in [0.25, 0.3) is 0 Å². The first-order valence-electron chi connectivity index (χ1n) is 6.68. The maximum Gasteiger partial charge on any atom is 0.242 e. The maximum absolute atomic E-state index is 13.2. The van der Waals surface area contributed by atoms with Gasteiger partial charge < -0.3 is 0 Å². The van der Waals surface area contributed by atoms with E-state index in [4.69, 9.17) is 0 Å². The van der Waals surface area contributed by atoms with Crippen LogP contribution in [0.5, 0.6) is 0 Å². The topological polar surface area (TPSA) is 70.0 Å². The summed E-state index contributed by atoms with van der Waals surface area (Å²) in [7, 11) is -4.07. The molecule has 21 heavy (non-hydrogen) atoms. The van der Waals surface area contributed by atoms with Crippen molar-refractivity contribution < 1.29 is 17.2 Å². The van der Waals surface area contributed by atoms with Gasteiger partial charge in [-0.3, -0.25) is 0 Å². The Kier molecular flexibility index (Phi) is 4.30. The van der Waals surface area contributed by atoms with Gasteiger partial charge in [-0.1, -0.05) is 6.92 Å². The van der Waals surface area contributed by atoms with Crippen molar-refractivity contribution in [3.63, 3.8) is 0 Å². The molecule has 7 heteroatoms. The highest BCUT2D eigenvalue weighted by molar-refractivity contribution is 7.89. The monoisotopic (exact) mass is 314 g/mol. The van der Waals surface area contributed by atoms with Gasteiger partial charge in [0.2, 0.25) is 10.0 Å². The van der Waals surface area contributed by atoms with Crippen molar-refractivity contribution in [1.29, 1.82) is 5.26 Å². The Morgan fingerprint density at radius 3 is 2.43 bits per heavy atom. The lowest BCUT2D eigenvalue weighted by molar-refractivity contribution is 0.278. The molecule has 4 nitrogen and oxygen atoms in total. The van der Waals surface area contributed by atoms with Crippen LogP contribution in [0.3, 0.4) is 0 Å². The average Bonchev–Trinajstić information content (AvgIpc) is 2.44. The Hall–Kier alpha value is -1.52. The first-order valence-corrected chi connectivity index (χ1v) is 8.17. The molecule has 0 aromatic heterocycles. The van der Waals surface area contributed by atoms with Crippen molar-refractivity contribution in [3.8, 4) is 6.07 Å². The minimum absolute atomic E-state index is 0.380. The van der Waals surface area contributed by atoms with Crippen LogP contribution >= 0.6 is 0 Å². The molecule has 0 aliphatic heterocycles. The van der Waals surface area contributed by atoms with E-state index in [0.29, 0.717) is 24.8 Å². The molecule has 1 N–H and O–H groups in total. The summed E-state index contributed by atoms with van der Waals surface area (Å²) in [6.45, 7) is 2.05. The van der Waals surface area contributed by atoms with Gasteiger partial charge in [-0.2, -0.15) is 9.98 Å². The van der Waals surface area contributed by atoms with Gasteiger partial charge in [-0.15, -0.1) is 0 Å². The van der Waals surface area contributed by atoms with E-state index < -0.39 is 27.2 Å². The number of hydrogen-bond acceptors (Lipinski definition) is 3. The molecule has 0 atom stereocenters. The SMILES string of the molecule is CC1CCC(C#N)(NS(=O)(=O)c2ccc(F)c(F)c2)CC1. The molecule has 0 saturated heterocycles. The molecule has 0 radical (unpaired) electrons. The summed E-state index contributed by atoms with van der Waals surface area (Å²) >= 11 is 0. The van der Waals surface area contributed by atoms with Crippen molar-refractivity contribution in [3.05, 3.63) is 29.8 Å². The summed E-state index contributed by atoms with van der Waals surface area (Å²) in [5.41, 5.74) is -1.17. The number of nitriles is 1. The first kappa shape index (κ1) is 15.9. The minimum atomic E-state index is -4.07. The van der Waals surface area contributed by atoms with E-state index in [-0.39, 0.29) is 4.90 Å². The molecule has 1 aromatic rings. The Balaban J connectivity index is 2.28. The summed E-state index contributed by atoms with van der Waals surface area (Å²) in [6.07, 6.45) is 2.31. The third-order valence-corrected chi connectivity index (χ3v) is 5.41. The standard InChI is InChI=1S/C14H16F2N2O2S/c1-10-4-6-14(9-17,7-5-10)18-21(19,20)11-2-3-12(15)13(16)8-11/h2-3,8,10,18H,4-7H2,1H3. The fourth-order valence-corrected chi connectivity index (χ4v) is 3.84.